The van der Waals surface area contributed by atoms with Gasteiger partial charge in [0.15, 0.2) is 5.82 Å². The summed E-state index contributed by atoms with van der Waals surface area (Å²) in [4.78, 5) is 18.3. The van der Waals surface area contributed by atoms with E-state index in [1.807, 2.05) is 4.90 Å². The SMILES string of the molecule is Cn1cc(S(=O)(=O)NCc2noc([C@@H]3CCC(=O)N3CC3CC3)n2)cn1. The second kappa shape index (κ2) is 6.47. The minimum atomic E-state index is -3.69. The van der Waals surface area contributed by atoms with Crippen molar-refractivity contribution in [1.29, 1.82) is 0 Å². The first-order valence-corrected chi connectivity index (χ1v) is 10.0. The summed E-state index contributed by atoms with van der Waals surface area (Å²) in [6.45, 7) is 0.638. The number of aryl methyl sites for hydroxylation is 1. The van der Waals surface area contributed by atoms with E-state index in [4.69, 9.17) is 4.52 Å². The van der Waals surface area contributed by atoms with E-state index in [0.29, 0.717) is 24.7 Å². The van der Waals surface area contributed by atoms with Crippen LogP contribution in [0.4, 0.5) is 0 Å². The number of rotatable bonds is 7. The highest BCUT2D eigenvalue weighted by atomic mass is 32.2. The predicted molar refractivity (Wildman–Crippen MR) is 87.9 cm³/mol. The van der Waals surface area contributed by atoms with Gasteiger partial charge >= 0.3 is 0 Å². The molecular weight excluding hydrogens is 360 g/mol. The molecule has 0 spiro atoms. The molecule has 0 bridgehead atoms. The molecule has 1 amide bonds. The van der Waals surface area contributed by atoms with Gasteiger partial charge in [-0.15, -0.1) is 0 Å². The summed E-state index contributed by atoms with van der Waals surface area (Å²) in [7, 11) is -2.05. The van der Waals surface area contributed by atoms with E-state index in [9.17, 15) is 13.2 Å². The molecule has 1 aliphatic heterocycles. The van der Waals surface area contributed by atoms with Crippen LogP contribution in [-0.4, -0.2) is 45.7 Å². The number of hydrogen-bond donors (Lipinski definition) is 1. The van der Waals surface area contributed by atoms with E-state index in [2.05, 4.69) is 20.0 Å². The first kappa shape index (κ1) is 17.2. The van der Waals surface area contributed by atoms with Crippen LogP contribution in [0.3, 0.4) is 0 Å². The number of nitrogens with zero attached hydrogens (tertiary/aromatic N) is 5. The quantitative estimate of drug-likeness (QED) is 0.735. The lowest BCUT2D eigenvalue weighted by Gasteiger charge is -2.21. The fourth-order valence-electron chi connectivity index (χ4n) is 3.05. The molecule has 3 heterocycles. The first-order chi connectivity index (χ1) is 12.4. The van der Waals surface area contributed by atoms with Crippen LogP contribution in [0.5, 0.6) is 0 Å². The Kier molecular flexibility index (Phi) is 4.27. The molecule has 11 heteroatoms. The van der Waals surface area contributed by atoms with Crippen LogP contribution < -0.4 is 4.72 Å². The number of hydrogen-bond acceptors (Lipinski definition) is 7. The first-order valence-electron chi connectivity index (χ1n) is 8.52. The van der Waals surface area contributed by atoms with Crippen molar-refractivity contribution in [1.82, 2.24) is 29.5 Å². The molecule has 26 heavy (non-hydrogen) atoms. The van der Waals surface area contributed by atoms with E-state index >= 15 is 0 Å². The Balaban J connectivity index is 1.42. The molecule has 0 aromatic carbocycles. The van der Waals surface area contributed by atoms with Gasteiger partial charge in [0.1, 0.15) is 10.9 Å². The summed E-state index contributed by atoms with van der Waals surface area (Å²) >= 11 is 0. The van der Waals surface area contributed by atoms with Crippen molar-refractivity contribution in [3.63, 3.8) is 0 Å². The molecule has 1 saturated carbocycles. The number of sulfonamides is 1. The van der Waals surface area contributed by atoms with Crippen LogP contribution in [0.2, 0.25) is 0 Å². The number of likely N-dealkylation sites (tertiary alicyclic amines) is 1. The normalized spacial score (nSPS) is 20.9. The Morgan fingerprint density at radius 3 is 2.85 bits per heavy atom. The van der Waals surface area contributed by atoms with Crippen molar-refractivity contribution >= 4 is 15.9 Å². The highest BCUT2D eigenvalue weighted by molar-refractivity contribution is 7.89. The molecule has 0 unspecified atom stereocenters. The minimum absolute atomic E-state index is 0.0701. The number of nitrogens with one attached hydrogen (secondary N) is 1. The Hall–Kier alpha value is -2.27. The van der Waals surface area contributed by atoms with Crippen molar-refractivity contribution in [3.05, 3.63) is 24.1 Å². The molecule has 4 rings (SSSR count). The molecule has 0 radical (unpaired) electrons. The van der Waals surface area contributed by atoms with Crippen molar-refractivity contribution in [3.8, 4) is 0 Å². The highest BCUT2D eigenvalue weighted by Gasteiger charge is 2.39. The van der Waals surface area contributed by atoms with Crippen LogP contribution in [0, 0.1) is 5.92 Å². The monoisotopic (exact) mass is 380 g/mol. The smallest absolute Gasteiger partial charge is 0.249 e. The summed E-state index contributed by atoms with van der Waals surface area (Å²) in [6.07, 6.45) is 6.11. The van der Waals surface area contributed by atoms with Crippen LogP contribution >= 0.6 is 0 Å². The van der Waals surface area contributed by atoms with Crippen molar-refractivity contribution in [2.45, 2.75) is 43.2 Å². The van der Waals surface area contributed by atoms with Crippen LogP contribution in [-0.2, 0) is 28.4 Å². The topological polar surface area (TPSA) is 123 Å². The summed E-state index contributed by atoms with van der Waals surface area (Å²) in [5, 5.41) is 7.69. The average Bonchev–Trinajstić information content (AvgIpc) is 2.96. The van der Waals surface area contributed by atoms with Gasteiger partial charge < -0.3 is 9.42 Å². The summed E-state index contributed by atoms with van der Waals surface area (Å²) < 4.78 is 33.5. The second-order valence-corrected chi connectivity index (χ2v) is 8.53. The van der Waals surface area contributed by atoms with Crippen molar-refractivity contribution in [2.75, 3.05) is 6.54 Å². The molecular formula is C15H20N6O4S. The van der Waals surface area contributed by atoms with Gasteiger partial charge in [0.25, 0.3) is 0 Å². The van der Waals surface area contributed by atoms with Gasteiger partial charge in [-0.3, -0.25) is 9.48 Å². The molecule has 1 aliphatic carbocycles. The zero-order valence-electron chi connectivity index (χ0n) is 14.3. The van der Waals surface area contributed by atoms with Gasteiger partial charge in [0, 0.05) is 26.2 Å². The van der Waals surface area contributed by atoms with Gasteiger partial charge in [-0.2, -0.15) is 10.1 Å². The molecule has 2 aliphatic rings. The van der Waals surface area contributed by atoms with Crippen LogP contribution in [0.25, 0.3) is 0 Å². The Labute approximate surface area is 150 Å². The molecule has 2 fully saturated rings. The third-order valence-electron chi connectivity index (χ3n) is 4.66. The number of amides is 1. The van der Waals surface area contributed by atoms with E-state index in [1.54, 1.807) is 7.05 Å². The number of aromatic nitrogens is 4. The maximum atomic E-state index is 12.2. The summed E-state index contributed by atoms with van der Waals surface area (Å²) in [6, 6.07) is -0.209. The zero-order chi connectivity index (χ0) is 18.3. The molecule has 1 N–H and O–H groups in total. The van der Waals surface area contributed by atoms with Gasteiger partial charge in [-0.25, -0.2) is 13.1 Å². The molecule has 140 valence electrons. The van der Waals surface area contributed by atoms with E-state index in [1.165, 1.54) is 17.1 Å². The predicted octanol–water partition coefficient (Wildman–Crippen LogP) is 0.355. The molecule has 1 atom stereocenters. The van der Waals surface area contributed by atoms with Gasteiger partial charge in [0.2, 0.25) is 21.8 Å². The molecule has 1 saturated heterocycles. The average molecular weight is 380 g/mol. The Morgan fingerprint density at radius 1 is 1.35 bits per heavy atom. The lowest BCUT2D eigenvalue weighted by molar-refractivity contribution is -0.129. The Morgan fingerprint density at radius 2 is 2.15 bits per heavy atom. The van der Waals surface area contributed by atoms with E-state index < -0.39 is 10.0 Å². The fourth-order valence-corrected chi connectivity index (χ4v) is 4.02. The summed E-state index contributed by atoms with van der Waals surface area (Å²) in [5.41, 5.74) is 0. The van der Waals surface area contributed by atoms with Gasteiger partial charge in [0.05, 0.1) is 12.7 Å². The van der Waals surface area contributed by atoms with E-state index in [0.717, 1.165) is 19.4 Å². The number of carbonyl (C=O) groups excluding carboxylic acids is 1. The third-order valence-corrected chi connectivity index (χ3v) is 6.02. The van der Waals surface area contributed by atoms with Crippen molar-refractivity contribution in [2.24, 2.45) is 13.0 Å². The number of carbonyl (C=O) groups is 1. The van der Waals surface area contributed by atoms with Crippen molar-refractivity contribution < 1.29 is 17.7 Å². The molecule has 2 aromatic rings. The lowest BCUT2D eigenvalue weighted by Crippen LogP contribution is -2.30. The fraction of sp³-hybridized carbons (Fsp3) is 0.600. The minimum Gasteiger partial charge on any atom is -0.337 e. The standard InChI is InChI=1S/C15H20N6O4S/c1-20-9-11(6-16-20)26(23,24)17-7-13-18-15(25-19-13)12-4-5-14(22)21(12)8-10-2-3-10/h6,9-10,12,17H,2-5,7-8H2,1H3/t12-/m0/s1. The van der Waals surface area contributed by atoms with Crippen LogP contribution in [0.15, 0.2) is 21.8 Å². The van der Waals surface area contributed by atoms with Crippen LogP contribution in [0.1, 0.15) is 43.4 Å². The second-order valence-electron chi connectivity index (χ2n) is 6.77. The molecule has 2 aromatic heterocycles. The molecule has 10 nitrogen and oxygen atoms in total. The maximum absolute atomic E-state index is 12.2. The Bertz CT molecular complexity index is 916. The summed E-state index contributed by atoms with van der Waals surface area (Å²) in [5.74, 6) is 1.29. The van der Waals surface area contributed by atoms with Gasteiger partial charge in [-0.05, 0) is 25.2 Å². The highest BCUT2D eigenvalue weighted by Crippen LogP contribution is 2.37. The van der Waals surface area contributed by atoms with Gasteiger partial charge in [-0.1, -0.05) is 5.16 Å². The lowest BCUT2D eigenvalue weighted by atomic mass is 10.2. The maximum Gasteiger partial charge on any atom is 0.249 e. The largest absolute Gasteiger partial charge is 0.337 e. The van der Waals surface area contributed by atoms with E-state index in [-0.39, 0.29) is 29.2 Å². The third kappa shape index (κ3) is 3.49. The zero-order valence-corrected chi connectivity index (χ0v) is 15.1.